The predicted molar refractivity (Wildman–Crippen MR) is 117 cm³/mol. The fraction of sp³-hybridized carbons (Fsp3) is 0.235. The third-order valence-electron chi connectivity index (χ3n) is 3.44. The third kappa shape index (κ3) is 7.60. The molecule has 0 aliphatic carbocycles. The van der Waals surface area contributed by atoms with Crippen molar-refractivity contribution in [1.29, 1.82) is 0 Å². The average Bonchev–Trinajstić information content (AvgIpc) is 2.62. The molecule has 0 aromatic heterocycles. The molecule has 0 fully saturated rings. The van der Waals surface area contributed by atoms with E-state index in [4.69, 9.17) is 11.6 Å². The van der Waals surface area contributed by atoms with Gasteiger partial charge in [-0.1, -0.05) is 35.9 Å². The zero-order chi connectivity index (χ0) is 19.0. The molecule has 6 nitrogen and oxygen atoms in total. The molecule has 27 heavy (non-hydrogen) atoms. The highest BCUT2D eigenvalue weighted by Gasteiger charge is 2.13. The molecule has 0 saturated heterocycles. The van der Waals surface area contributed by atoms with E-state index in [0.29, 0.717) is 23.1 Å². The van der Waals surface area contributed by atoms with Crippen LogP contribution in [0.2, 0.25) is 5.02 Å². The van der Waals surface area contributed by atoms with Crippen molar-refractivity contribution >= 4 is 51.6 Å². The molecule has 2 aromatic carbocycles. The number of hydrogen-bond donors (Lipinski definition) is 3. The molecule has 2 aromatic rings. The second kappa shape index (κ2) is 11.4. The number of hydrogen-bond acceptors (Lipinski definition) is 3. The van der Waals surface area contributed by atoms with Gasteiger partial charge < -0.3 is 10.6 Å². The first-order valence-electron chi connectivity index (χ1n) is 7.85. The van der Waals surface area contributed by atoms with Gasteiger partial charge >= 0.3 is 0 Å². The molecule has 10 heteroatoms. The number of benzene rings is 2. The fourth-order valence-electron chi connectivity index (χ4n) is 2.13. The number of nitrogens with zero attached hydrogens (tertiary/aromatic N) is 1. The highest BCUT2D eigenvalue weighted by Crippen LogP contribution is 2.14. The van der Waals surface area contributed by atoms with E-state index >= 15 is 0 Å². The van der Waals surface area contributed by atoms with Gasteiger partial charge in [0, 0.05) is 37.3 Å². The second-order valence-electron chi connectivity index (χ2n) is 5.30. The fourth-order valence-corrected chi connectivity index (χ4v) is 3.46. The van der Waals surface area contributed by atoms with E-state index in [-0.39, 0.29) is 47.8 Å². The number of halogens is 3. The van der Waals surface area contributed by atoms with Crippen molar-refractivity contribution in [2.24, 2.45) is 4.99 Å². The number of aliphatic imine (C=N–C) groups is 1. The van der Waals surface area contributed by atoms with Gasteiger partial charge in [-0.3, -0.25) is 4.99 Å². The minimum absolute atomic E-state index is 0. The predicted octanol–water partition coefficient (Wildman–Crippen LogP) is 2.74. The van der Waals surface area contributed by atoms with Gasteiger partial charge in [0.15, 0.2) is 5.96 Å². The number of sulfonamides is 1. The van der Waals surface area contributed by atoms with Gasteiger partial charge in [-0.15, -0.1) is 24.0 Å². The molecular weight excluding hydrogens is 506 g/mol. The smallest absolute Gasteiger partial charge is 0.240 e. The van der Waals surface area contributed by atoms with E-state index in [2.05, 4.69) is 20.3 Å². The lowest BCUT2D eigenvalue weighted by Gasteiger charge is -2.13. The summed E-state index contributed by atoms with van der Waals surface area (Å²) >= 11 is 5.81. The lowest BCUT2D eigenvalue weighted by molar-refractivity contribution is 0.580. The Morgan fingerprint density at radius 1 is 1.11 bits per heavy atom. The normalized spacial score (nSPS) is 11.6. The van der Waals surface area contributed by atoms with E-state index in [1.165, 1.54) is 18.2 Å². The van der Waals surface area contributed by atoms with Crippen LogP contribution in [0.15, 0.2) is 58.4 Å². The van der Waals surface area contributed by atoms with E-state index in [0.717, 1.165) is 0 Å². The Bertz CT molecular complexity index is 881. The third-order valence-corrected chi connectivity index (χ3v) is 5.14. The molecule has 0 amide bonds. The van der Waals surface area contributed by atoms with Crippen LogP contribution in [0.5, 0.6) is 0 Å². The van der Waals surface area contributed by atoms with Gasteiger partial charge in [-0.25, -0.2) is 17.5 Å². The largest absolute Gasteiger partial charge is 0.355 e. The molecule has 0 heterocycles. The molecule has 3 N–H and O–H groups in total. The monoisotopic (exact) mass is 526 g/mol. The molecule has 0 atom stereocenters. The molecule has 0 bridgehead atoms. The summed E-state index contributed by atoms with van der Waals surface area (Å²) in [6, 6.07) is 12.5. The Labute approximate surface area is 180 Å². The van der Waals surface area contributed by atoms with E-state index in [1.807, 2.05) is 0 Å². The molecular formula is C17H21ClFIN4O2S. The summed E-state index contributed by atoms with van der Waals surface area (Å²) < 4.78 is 40.4. The lowest BCUT2D eigenvalue weighted by atomic mass is 10.2. The first-order valence-corrected chi connectivity index (χ1v) is 9.71. The van der Waals surface area contributed by atoms with Crippen molar-refractivity contribution in [3.63, 3.8) is 0 Å². The number of guanidine groups is 1. The minimum atomic E-state index is -3.63. The second-order valence-corrected chi connectivity index (χ2v) is 7.50. The minimum Gasteiger partial charge on any atom is -0.355 e. The SMILES string of the molecule is CN=C(NCCNS(=O)(=O)c1cccc(Cl)c1)NCc1ccccc1F.I. The van der Waals surface area contributed by atoms with Gasteiger partial charge in [0.25, 0.3) is 0 Å². The first-order chi connectivity index (χ1) is 12.4. The number of rotatable bonds is 7. The Balaban J connectivity index is 0.00000364. The van der Waals surface area contributed by atoms with Crippen LogP contribution in [0.1, 0.15) is 5.56 Å². The quantitative estimate of drug-likeness (QED) is 0.224. The Hall–Kier alpha value is -1.43. The highest BCUT2D eigenvalue weighted by molar-refractivity contribution is 14.0. The number of nitrogens with one attached hydrogen (secondary N) is 3. The van der Waals surface area contributed by atoms with Crippen LogP contribution < -0.4 is 15.4 Å². The highest BCUT2D eigenvalue weighted by atomic mass is 127. The van der Waals surface area contributed by atoms with Gasteiger partial charge in [-0.05, 0) is 24.3 Å². The summed E-state index contributed by atoms with van der Waals surface area (Å²) in [4.78, 5) is 4.12. The molecule has 0 unspecified atom stereocenters. The summed E-state index contributed by atoms with van der Waals surface area (Å²) in [5.41, 5.74) is 0.511. The van der Waals surface area contributed by atoms with Crippen LogP contribution in [0.4, 0.5) is 4.39 Å². The molecule has 0 saturated carbocycles. The van der Waals surface area contributed by atoms with Crippen molar-refractivity contribution in [3.05, 3.63) is 64.9 Å². The van der Waals surface area contributed by atoms with Crippen LogP contribution in [0, 0.1) is 5.82 Å². The van der Waals surface area contributed by atoms with Crippen LogP contribution in [0.3, 0.4) is 0 Å². The van der Waals surface area contributed by atoms with Crippen molar-refractivity contribution in [2.75, 3.05) is 20.1 Å². The molecule has 0 spiro atoms. The van der Waals surface area contributed by atoms with Gasteiger partial charge in [0.1, 0.15) is 5.82 Å². The zero-order valence-corrected chi connectivity index (χ0v) is 18.5. The van der Waals surface area contributed by atoms with Crippen molar-refractivity contribution in [2.45, 2.75) is 11.4 Å². The van der Waals surface area contributed by atoms with Gasteiger partial charge in [-0.2, -0.15) is 0 Å². The zero-order valence-electron chi connectivity index (χ0n) is 14.6. The molecule has 2 rings (SSSR count). The summed E-state index contributed by atoms with van der Waals surface area (Å²) in [7, 11) is -2.06. The first kappa shape index (κ1) is 23.6. The Morgan fingerprint density at radius 3 is 2.52 bits per heavy atom. The standard InChI is InChI=1S/C17H20ClFN4O2S.HI/c1-20-17(22-12-13-5-2-3-8-16(13)19)21-9-10-23-26(24,25)15-7-4-6-14(18)11-15;/h2-8,11,23H,9-10,12H2,1H3,(H2,20,21,22);1H. The van der Waals surface area contributed by atoms with Crippen LogP contribution in [-0.4, -0.2) is 34.5 Å². The van der Waals surface area contributed by atoms with Crippen LogP contribution >= 0.6 is 35.6 Å². The van der Waals surface area contributed by atoms with E-state index in [9.17, 15) is 12.8 Å². The summed E-state index contributed by atoms with van der Waals surface area (Å²) in [5.74, 6) is 0.139. The topological polar surface area (TPSA) is 82.6 Å². The average molecular weight is 527 g/mol. The van der Waals surface area contributed by atoms with Gasteiger partial charge in [0.2, 0.25) is 10.0 Å². The molecule has 0 aliphatic rings. The van der Waals surface area contributed by atoms with Crippen LogP contribution in [0.25, 0.3) is 0 Å². The Kier molecular flexibility index (Phi) is 9.99. The van der Waals surface area contributed by atoms with Crippen LogP contribution in [-0.2, 0) is 16.6 Å². The van der Waals surface area contributed by atoms with E-state index < -0.39 is 10.0 Å². The molecule has 0 radical (unpaired) electrons. The summed E-state index contributed by atoms with van der Waals surface area (Å²) in [5, 5.41) is 6.28. The summed E-state index contributed by atoms with van der Waals surface area (Å²) in [6.07, 6.45) is 0. The molecule has 0 aliphatic heterocycles. The van der Waals surface area contributed by atoms with Gasteiger partial charge in [0.05, 0.1) is 4.90 Å². The van der Waals surface area contributed by atoms with Crippen molar-refractivity contribution in [1.82, 2.24) is 15.4 Å². The van der Waals surface area contributed by atoms with E-state index in [1.54, 1.807) is 37.4 Å². The lowest BCUT2D eigenvalue weighted by Crippen LogP contribution is -2.41. The van der Waals surface area contributed by atoms with Crippen molar-refractivity contribution < 1.29 is 12.8 Å². The molecule has 148 valence electrons. The maximum absolute atomic E-state index is 13.6. The maximum Gasteiger partial charge on any atom is 0.240 e. The maximum atomic E-state index is 13.6. The van der Waals surface area contributed by atoms with Crippen molar-refractivity contribution in [3.8, 4) is 0 Å². The Morgan fingerprint density at radius 2 is 1.85 bits per heavy atom. The summed E-state index contributed by atoms with van der Waals surface area (Å²) in [6.45, 7) is 0.715.